The lowest BCUT2D eigenvalue weighted by molar-refractivity contribution is -0.115. The van der Waals surface area contributed by atoms with Crippen LogP contribution in [-0.2, 0) is 4.79 Å². The van der Waals surface area contributed by atoms with Gasteiger partial charge in [0.1, 0.15) is 11.6 Å². The number of hydrogen-bond acceptors (Lipinski definition) is 5. The molecule has 4 rings (SSSR count). The number of carbonyl (C=O) groups is 1. The normalized spacial score (nSPS) is 12.0. The van der Waals surface area contributed by atoms with Gasteiger partial charge in [-0.05, 0) is 56.7 Å². The Kier molecular flexibility index (Phi) is 5.90. The standard InChI is InChI=1S/C23H21FN4O2S/c1-14-9-10-17(13-20(14)24)25-22(29)16(3)31-23-27-26-21(19-11-12-30-15(19)2)28(23)18-7-5-4-6-8-18/h4-13,16H,1-3H3,(H,25,29). The number of aryl methyl sites for hydroxylation is 2. The number of aromatic nitrogens is 3. The number of anilines is 1. The predicted molar refractivity (Wildman–Crippen MR) is 119 cm³/mol. The lowest BCUT2D eigenvalue weighted by Gasteiger charge is -2.14. The number of para-hydroxylation sites is 1. The van der Waals surface area contributed by atoms with Gasteiger partial charge in [-0.3, -0.25) is 9.36 Å². The number of carbonyl (C=O) groups excluding carboxylic acids is 1. The highest BCUT2D eigenvalue weighted by Crippen LogP contribution is 2.32. The summed E-state index contributed by atoms with van der Waals surface area (Å²) in [7, 11) is 0. The maximum atomic E-state index is 13.8. The molecule has 1 unspecified atom stereocenters. The maximum Gasteiger partial charge on any atom is 0.237 e. The van der Waals surface area contributed by atoms with Gasteiger partial charge in [0.2, 0.25) is 5.91 Å². The molecule has 2 heterocycles. The second-order valence-electron chi connectivity index (χ2n) is 7.08. The molecule has 0 radical (unpaired) electrons. The minimum absolute atomic E-state index is 0.253. The van der Waals surface area contributed by atoms with Gasteiger partial charge in [-0.15, -0.1) is 10.2 Å². The summed E-state index contributed by atoms with van der Waals surface area (Å²) in [5.74, 6) is 0.750. The van der Waals surface area contributed by atoms with Crippen molar-refractivity contribution >= 4 is 23.4 Å². The van der Waals surface area contributed by atoms with Crippen molar-refractivity contribution < 1.29 is 13.6 Å². The average molecular weight is 437 g/mol. The van der Waals surface area contributed by atoms with Crippen LogP contribution >= 0.6 is 11.8 Å². The highest BCUT2D eigenvalue weighted by molar-refractivity contribution is 8.00. The first-order valence-electron chi connectivity index (χ1n) is 9.73. The number of amides is 1. The van der Waals surface area contributed by atoms with Crippen molar-refractivity contribution in [2.75, 3.05) is 5.32 Å². The second-order valence-corrected chi connectivity index (χ2v) is 8.39. The minimum Gasteiger partial charge on any atom is -0.469 e. The van der Waals surface area contributed by atoms with Crippen molar-refractivity contribution in [2.24, 2.45) is 0 Å². The number of nitrogens with zero attached hydrogens (tertiary/aromatic N) is 3. The van der Waals surface area contributed by atoms with E-state index in [4.69, 9.17) is 4.42 Å². The molecule has 31 heavy (non-hydrogen) atoms. The Bertz CT molecular complexity index is 1220. The summed E-state index contributed by atoms with van der Waals surface area (Å²) in [6.07, 6.45) is 1.61. The zero-order valence-electron chi connectivity index (χ0n) is 17.3. The Labute approximate surface area is 183 Å². The molecule has 0 saturated heterocycles. The van der Waals surface area contributed by atoms with E-state index in [0.717, 1.165) is 17.0 Å². The van der Waals surface area contributed by atoms with Crippen LogP contribution in [0.3, 0.4) is 0 Å². The zero-order valence-corrected chi connectivity index (χ0v) is 18.1. The Hall–Kier alpha value is -3.39. The molecule has 0 aliphatic rings. The van der Waals surface area contributed by atoms with Crippen molar-refractivity contribution in [3.63, 3.8) is 0 Å². The average Bonchev–Trinajstić information content (AvgIpc) is 3.37. The number of benzene rings is 2. The molecule has 1 N–H and O–H groups in total. The van der Waals surface area contributed by atoms with Gasteiger partial charge in [-0.2, -0.15) is 0 Å². The lowest BCUT2D eigenvalue weighted by Crippen LogP contribution is -2.23. The van der Waals surface area contributed by atoms with E-state index in [1.807, 2.05) is 47.9 Å². The molecule has 2 aromatic carbocycles. The van der Waals surface area contributed by atoms with E-state index in [1.165, 1.54) is 17.8 Å². The van der Waals surface area contributed by atoms with Crippen LogP contribution in [0.15, 0.2) is 70.4 Å². The fraction of sp³-hybridized carbons (Fsp3) is 0.174. The van der Waals surface area contributed by atoms with Crippen molar-refractivity contribution in [2.45, 2.75) is 31.2 Å². The first-order chi connectivity index (χ1) is 14.9. The lowest BCUT2D eigenvalue weighted by atomic mass is 10.2. The number of furan rings is 1. The molecule has 4 aromatic rings. The van der Waals surface area contributed by atoms with E-state index >= 15 is 0 Å². The molecule has 6 nitrogen and oxygen atoms in total. The Morgan fingerprint density at radius 1 is 1.13 bits per heavy atom. The monoisotopic (exact) mass is 436 g/mol. The van der Waals surface area contributed by atoms with Crippen molar-refractivity contribution in [1.29, 1.82) is 0 Å². The Balaban J connectivity index is 1.62. The van der Waals surface area contributed by atoms with Gasteiger partial charge in [0.25, 0.3) is 0 Å². The summed E-state index contributed by atoms with van der Waals surface area (Å²) in [6.45, 7) is 5.31. The Morgan fingerprint density at radius 3 is 2.58 bits per heavy atom. The molecule has 1 amide bonds. The molecule has 0 spiro atoms. The van der Waals surface area contributed by atoms with Crippen LogP contribution in [0.2, 0.25) is 0 Å². The molecule has 0 bridgehead atoms. The highest BCUT2D eigenvalue weighted by atomic mass is 32.2. The summed E-state index contributed by atoms with van der Waals surface area (Å²) in [5, 5.41) is 11.5. The molecular weight excluding hydrogens is 415 g/mol. The van der Waals surface area contributed by atoms with Crippen molar-refractivity contribution in [3.8, 4) is 17.1 Å². The van der Waals surface area contributed by atoms with E-state index in [9.17, 15) is 9.18 Å². The molecule has 8 heteroatoms. The summed E-state index contributed by atoms with van der Waals surface area (Å²) in [5.41, 5.74) is 2.65. The summed E-state index contributed by atoms with van der Waals surface area (Å²) >= 11 is 1.28. The quantitative estimate of drug-likeness (QED) is 0.410. The van der Waals surface area contributed by atoms with Gasteiger partial charge in [0, 0.05) is 11.4 Å². The molecule has 0 aliphatic heterocycles. The summed E-state index contributed by atoms with van der Waals surface area (Å²) in [6, 6.07) is 16.2. The third-order valence-electron chi connectivity index (χ3n) is 4.84. The summed E-state index contributed by atoms with van der Waals surface area (Å²) < 4.78 is 21.1. The van der Waals surface area contributed by atoms with E-state index in [-0.39, 0.29) is 11.7 Å². The second kappa shape index (κ2) is 8.77. The van der Waals surface area contributed by atoms with Gasteiger partial charge >= 0.3 is 0 Å². The van der Waals surface area contributed by atoms with Gasteiger partial charge in [0.15, 0.2) is 11.0 Å². The van der Waals surface area contributed by atoms with Crippen LogP contribution in [0.4, 0.5) is 10.1 Å². The SMILES string of the molecule is Cc1ccc(NC(=O)C(C)Sc2nnc(-c3ccoc3C)n2-c2ccccc2)cc1F. The number of nitrogens with one attached hydrogen (secondary N) is 1. The topological polar surface area (TPSA) is 73.0 Å². The van der Waals surface area contributed by atoms with Crippen LogP contribution < -0.4 is 5.32 Å². The Morgan fingerprint density at radius 2 is 1.90 bits per heavy atom. The van der Waals surface area contributed by atoms with Gasteiger partial charge in [-0.25, -0.2) is 4.39 Å². The highest BCUT2D eigenvalue weighted by Gasteiger charge is 2.23. The third-order valence-corrected chi connectivity index (χ3v) is 5.88. The molecule has 0 aliphatic carbocycles. The first-order valence-corrected chi connectivity index (χ1v) is 10.6. The van der Waals surface area contributed by atoms with E-state index in [1.54, 1.807) is 32.2 Å². The molecule has 0 fully saturated rings. The fourth-order valence-electron chi connectivity index (χ4n) is 3.07. The molecule has 158 valence electrons. The number of halogens is 1. The number of rotatable bonds is 6. The van der Waals surface area contributed by atoms with E-state index < -0.39 is 5.25 Å². The van der Waals surface area contributed by atoms with Crippen LogP contribution in [0.25, 0.3) is 17.1 Å². The van der Waals surface area contributed by atoms with Crippen LogP contribution in [0, 0.1) is 19.7 Å². The van der Waals surface area contributed by atoms with Gasteiger partial charge in [-0.1, -0.05) is 36.0 Å². The van der Waals surface area contributed by atoms with Crippen molar-refractivity contribution in [1.82, 2.24) is 14.8 Å². The molecule has 1 atom stereocenters. The zero-order chi connectivity index (χ0) is 22.0. The van der Waals surface area contributed by atoms with Crippen LogP contribution in [0.5, 0.6) is 0 Å². The van der Waals surface area contributed by atoms with E-state index in [0.29, 0.717) is 22.2 Å². The fourth-order valence-corrected chi connectivity index (χ4v) is 3.94. The molecule has 0 saturated carbocycles. The summed E-state index contributed by atoms with van der Waals surface area (Å²) in [4.78, 5) is 12.7. The predicted octanol–water partition coefficient (Wildman–Crippen LogP) is 5.40. The molecule has 2 aromatic heterocycles. The first kappa shape index (κ1) is 20.9. The number of thioether (sulfide) groups is 1. The van der Waals surface area contributed by atoms with Crippen molar-refractivity contribution in [3.05, 3.63) is 78.0 Å². The van der Waals surface area contributed by atoms with E-state index in [2.05, 4.69) is 15.5 Å². The largest absolute Gasteiger partial charge is 0.469 e. The van der Waals surface area contributed by atoms with Crippen LogP contribution in [-0.4, -0.2) is 25.9 Å². The maximum absolute atomic E-state index is 13.8. The van der Waals surface area contributed by atoms with Gasteiger partial charge in [0.05, 0.1) is 17.1 Å². The minimum atomic E-state index is -0.491. The molecular formula is C23H21FN4O2S. The van der Waals surface area contributed by atoms with Gasteiger partial charge < -0.3 is 9.73 Å². The third kappa shape index (κ3) is 4.39. The van der Waals surface area contributed by atoms with Crippen LogP contribution in [0.1, 0.15) is 18.2 Å². The number of hydrogen-bond donors (Lipinski definition) is 1. The smallest absolute Gasteiger partial charge is 0.237 e.